The lowest BCUT2D eigenvalue weighted by Crippen LogP contribution is -1.95. The molecule has 0 heterocycles. The predicted octanol–water partition coefficient (Wildman–Crippen LogP) is 4.95. The summed E-state index contributed by atoms with van der Waals surface area (Å²) in [6, 6.07) is 0. The van der Waals surface area contributed by atoms with Gasteiger partial charge >= 0.3 is 5.97 Å². The highest BCUT2D eigenvalue weighted by atomic mass is 16.5. The molecule has 0 spiro atoms. The van der Waals surface area contributed by atoms with Crippen LogP contribution in [-0.4, -0.2) is 24.3 Å². The van der Waals surface area contributed by atoms with E-state index in [4.69, 9.17) is 9.84 Å². The van der Waals surface area contributed by atoms with Crippen LogP contribution in [0.2, 0.25) is 0 Å². The van der Waals surface area contributed by atoms with E-state index in [1.165, 1.54) is 38.5 Å². The van der Waals surface area contributed by atoms with Gasteiger partial charge in [0.1, 0.15) is 0 Å². The molecule has 0 aromatic rings. The lowest BCUT2D eigenvalue weighted by atomic mass is 10.1. The zero-order valence-corrected chi connectivity index (χ0v) is 13.1. The van der Waals surface area contributed by atoms with Crippen LogP contribution in [0.25, 0.3) is 0 Å². The summed E-state index contributed by atoms with van der Waals surface area (Å²) in [5, 5.41) is 8.50. The van der Waals surface area contributed by atoms with E-state index in [1.54, 1.807) is 0 Å². The molecule has 0 rings (SSSR count). The van der Waals surface area contributed by atoms with Crippen LogP contribution in [-0.2, 0) is 9.53 Å². The van der Waals surface area contributed by atoms with Crippen LogP contribution in [0.1, 0.15) is 77.6 Å². The third-order valence-corrected chi connectivity index (χ3v) is 3.28. The van der Waals surface area contributed by atoms with Crippen molar-refractivity contribution in [1.29, 1.82) is 0 Å². The highest BCUT2D eigenvalue weighted by Gasteiger charge is 1.96. The Hall–Kier alpha value is -0.830. The van der Waals surface area contributed by atoms with Crippen LogP contribution in [0.3, 0.4) is 0 Å². The van der Waals surface area contributed by atoms with Gasteiger partial charge in [-0.2, -0.15) is 0 Å². The Bertz CT molecular complexity index is 236. The molecular weight excluding hydrogens is 252 g/mol. The lowest BCUT2D eigenvalue weighted by molar-refractivity contribution is -0.137. The number of hydrogen-bond donors (Lipinski definition) is 1. The quantitative estimate of drug-likeness (QED) is 0.342. The van der Waals surface area contributed by atoms with Crippen molar-refractivity contribution in [2.24, 2.45) is 0 Å². The number of aliphatic carboxylic acids is 1. The standard InChI is InChI=1S/C17H32O3/c1-2-3-4-5-9-12-15-20-16-13-10-7-6-8-11-14-17(18)19/h9,12H,2-8,10-11,13-16H2,1H3,(H,18,19). The van der Waals surface area contributed by atoms with E-state index in [0.29, 0.717) is 6.42 Å². The molecular formula is C17H32O3. The predicted molar refractivity (Wildman–Crippen MR) is 84.1 cm³/mol. The molecule has 0 fully saturated rings. The average Bonchev–Trinajstić information content (AvgIpc) is 2.43. The van der Waals surface area contributed by atoms with E-state index in [2.05, 4.69) is 19.1 Å². The molecule has 0 aliphatic heterocycles. The molecule has 0 aliphatic rings. The summed E-state index contributed by atoms with van der Waals surface area (Å²) >= 11 is 0. The van der Waals surface area contributed by atoms with Crippen molar-refractivity contribution >= 4 is 5.97 Å². The average molecular weight is 284 g/mol. The van der Waals surface area contributed by atoms with Gasteiger partial charge in [-0.05, 0) is 25.7 Å². The number of hydrogen-bond acceptors (Lipinski definition) is 2. The van der Waals surface area contributed by atoms with Gasteiger partial charge in [0, 0.05) is 13.0 Å². The van der Waals surface area contributed by atoms with Gasteiger partial charge in [-0.15, -0.1) is 0 Å². The molecule has 0 bridgehead atoms. The first kappa shape index (κ1) is 19.2. The van der Waals surface area contributed by atoms with Crippen molar-refractivity contribution in [2.45, 2.75) is 77.6 Å². The Kier molecular flexibility index (Phi) is 15.6. The van der Waals surface area contributed by atoms with Gasteiger partial charge < -0.3 is 9.84 Å². The zero-order chi connectivity index (χ0) is 14.9. The van der Waals surface area contributed by atoms with Gasteiger partial charge in [0.15, 0.2) is 0 Å². The van der Waals surface area contributed by atoms with Crippen molar-refractivity contribution in [3.8, 4) is 0 Å². The molecule has 0 saturated carbocycles. The van der Waals surface area contributed by atoms with E-state index in [1.807, 2.05) is 0 Å². The number of carboxylic acid groups (broad SMARTS) is 1. The van der Waals surface area contributed by atoms with Crippen LogP contribution < -0.4 is 0 Å². The Morgan fingerprint density at radius 3 is 2.35 bits per heavy atom. The maximum absolute atomic E-state index is 10.3. The maximum atomic E-state index is 10.3. The van der Waals surface area contributed by atoms with Crippen LogP contribution >= 0.6 is 0 Å². The fraction of sp³-hybridized carbons (Fsp3) is 0.824. The summed E-state index contributed by atoms with van der Waals surface area (Å²) in [7, 11) is 0. The summed E-state index contributed by atoms with van der Waals surface area (Å²) in [4.78, 5) is 10.3. The van der Waals surface area contributed by atoms with Gasteiger partial charge in [-0.25, -0.2) is 0 Å². The van der Waals surface area contributed by atoms with Gasteiger partial charge in [0.2, 0.25) is 0 Å². The molecule has 0 atom stereocenters. The van der Waals surface area contributed by atoms with Gasteiger partial charge in [0.05, 0.1) is 6.61 Å². The summed E-state index contributed by atoms with van der Waals surface area (Å²) in [6.07, 6.45) is 16.2. The van der Waals surface area contributed by atoms with Crippen LogP contribution in [0.15, 0.2) is 12.2 Å². The topological polar surface area (TPSA) is 46.5 Å². The first-order chi connectivity index (χ1) is 9.77. The molecule has 0 amide bonds. The molecule has 0 unspecified atom stereocenters. The Balaban J connectivity index is 3.04. The van der Waals surface area contributed by atoms with Crippen molar-refractivity contribution in [1.82, 2.24) is 0 Å². The monoisotopic (exact) mass is 284 g/mol. The maximum Gasteiger partial charge on any atom is 0.303 e. The minimum absolute atomic E-state index is 0.313. The van der Waals surface area contributed by atoms with E-state index in [9.17, 15) is 4.79 Å². The Labute approximate surface area is 124 Å². The minimum atomic E-state index is -0.679. The fourth-order valence-corrected chi connectivity index (χ4v) is 2.04. The molecule has 0 aromatic heterocycles. The Morgan fingerprint density at radius 2 is 1.65 bits per heavy atom. The number of allylic oxidation sites excluding steroid dienone is 1. The first-order valence-electron chi connectivity index (χ1n) is 8.22. The van der Waals surface area contributed by atoms with Crippen LogP contribution in [0.4, 0.5) is 0 Å². The third kappa shape index (κ3) is 17.2. The molecule has 0 aliphatic carbocycles. The molecule has 0 saturated heterocycles. The number of ether oxygens (including phenoxy) is 1. The smallest absolute Gasteiger partial charge is 0.303 e. The van der Waals surface area contributed by atoms with E-state index < -0.39 is 5.97 Å². The van der Waals surface area contributed by atoms with Crippen LogP contribution in [0.5, 0.6) is 0 Å². The van der Waals surface area contributed by atoms with Crippen molar-refractivity contribution in [3.05, 3.63) is 12.2 Å². The largest absolute Gasteiger partial charge is 0.481 e. The number of rotatable bonds is 15. The van der Waals surface area contributed by atoms with E-state index in [-0.39, 0.29) is 0 Å². The normalized spacial score (nSPS) is 11.2. The van der Waals surface area contributed by atoms with Gasteiger partial charge in [-0.1, -0.05) is 57.6 Å². The third-order valence-electron chi connectivity index (χ3n) is 3.28. The molecule has 118 valence electrons. The minimum Gasteiger partial charge on any atom is -0.481 e. The van der Waals surface area contributed by atoms with Crippen LogP contribution in [0, 0.1) is 0 Å². The highest BCUT2D eigenvalue weighted by Crippen LogP contribution is 2.07. The summed E-state index contributed by atoms with van der Waals surface area (Å²) in [5.74, 6) is -0.679. The van der Waals surface area contributed by atoms with Crippen molar-refractivity contribution < 1.29 is 14.6 Å². The zero-order valence-electron chi connectivity index (χ0n) is 13.1. The molecule has 3 nitrogen and oxygen atoms in total. The van der Waals surface area contributed by atoms with E-state index >= 15 is 0 Å². The van der Waals surface area contributed by atoms with Crippen molar-refractivity contribution in [2.75, 3.05) is 13.2 Å². The molecule has 0 radical (unpaired) electrons. The summed E-state index contributed by atoms with van der Waals surface area (Å²) in [6.45, 7) is 3.80. The first-order valence-corrected chi connectivity index (χ1v) is 8.22. The number of unbranched alkanes of at least 4 members (excludes halogenated alkanes) is 8. The summed E-state index contributed by atoms with van der Waals surface area (Å²) < 4.78 is 5.53. The second kappa shape index (κ2) is 16.2. The lowest BCUT2D eigenvalue weighted by Gasteiger charge is -2.02. The fourth-order valence-electron chi connectivity index (χ4n) is 2.04. The van der Waals surface area contributed by atoms with Gasteiger partial charge in [0.25, 0.3) is 0 Å². The molecule has 0 aromatic carbocycles. The molecule has 20 heavy (non-hydrogen) atoms. The number of carbonyl (C=O) groups is 1. The van der Waals surface area contributed by atoms with E-state index in [0.717, 1.165) is 38.9 Å². The SMILES string of the molecule is CCCCCC=CCOCCCCCCCCC(=O)O. The molecule has 3 heteroatoms. The Morgan fingerprint density at radius 1 is 0.950 bits per heavy atom. The second-order valence-electron chi connectivity index (χ2n) is 5.31. The summed E-state index contributed by atoms with van der Waals surface area (Å²) in [5.41, 5.74) is 0. The van der Waals surface area contributed by atoms with Crippen molar-refractivity contribution in [3.63, 3.8) is 0 Å². The van der Waals surface area contributed by atoms with Gasteiger partial charge in [-0.3, -0.25) is 4.79 Å². The highest BCUT2D eigenvalue weighted by molar-refractivity contribution is 5.66. The second-order valence-corrected chi connectivity index (χ2v) is 5.31. The molecule has 1 N–H and O–H groups in total. The number of carboxylic acids is 1.